The second-order valence-electron chi connectivity index (χ2n) is 8.72. The number of imidazole rings is 1. The van der Waals surface area contributed by atoms with Crippen molar-refractivity contribution in [3.8, 4) is 16.9 Å². The number of hydrogen-bond acceptors (Lipinski definition) is 4. The van der Waals surface area contributed by atoms with E-state index in [2.05, 4.69) is 57.9 Å². The van der Waals surface area contributed by atoms with Crippen molar-refractivity contribution in [3.63, 3.8) is 0 Å². The van der Waals surface area contributed by atoms with Gasteiger partial charge in [0.25, 0.3) is 0 Å². The van der Waals surface area contributed by atoms with Crippen molar-refractivity contribution in [2.24, 2.45) is 10.7 Å². The number of piperidine rings is 1. The fraction of sp³-hybridized carbons (Fsp3) is 0.207. The Hall–Kier alpha value is -4.03. The van der Waals surface area contributed by atoms with Gasteiger partial charge in [0.05, 0.1) is 11.3 Å². The second-order valence-corrected chi connectivity index (χ2v) is 8.72. The highest BCUT2D eigenvalue weighted by atomic mass is 15.1. The zero-order chi connectivity index (χ0) is 24.2. The van der Waals surface area contributed by atoms with Crippen LogP contribution in [-0.4, -0.2) is 40.5 Å². The number of nitrogens with zero attached hydrogens (tertiary/aromatic N) is 4. The van der Waals surface area contributed by atoms with Gasteiger partial charge in [-0.05, 0) is 67.8 Å². The average Bonchev–Trinajstić information content (AvgIpc) is 3.30. The molecule has 6 nitrogen and oxygen atoms in total. The first kappa shape index (κ1) is 22.7. The van der Waals surface area contributed by atoms with E-state index in [0.717, 1.165) is 54.0 Å². The van der Waals surface area contributed by atoms with E-state index in [0.29, 0.717) is 23.2 Å². The summed E-state index contributed by atoms with van der Waals surface area (Å²) in [4.78, 5) is 14.2. The first-order valence-corrected chi connectivity index (χ1v) is 12.0. The largest absolute Gasteiger partial charge is 0.383 e. The van der Waals surface area contributed by atoms with Crippen LogP contribution in [0.1, 0.15) is 30.1 Å². The number of aromatic nitrogens is 3. The van der Waals surface area contributed by atoms with Crippen LogP contribution in [0.3, 0.4) is 0 Å². The molecule has 0 spiro atoms. The van der Waals surface area contributed by atoms with Crippen LogP contribution in [0.25, 0.3) is 33.7 Å². The fourth-order valence-electron chi connectivity index (χ4n) is 4.72. The third-order valence-electron chi connectivity index (χ3n) is 6.58. The van der Waals surface area contributed by atoms with Crippen LogP contribution in [0.4, 0.5) is 0 Å². The monoisotopic (exact) mass is 462 g/mol. The Morgan fingerprint density at radius 2 is 1.77 bits per heavy atom. The Morgan fingerprint density at radius 3 is 2.46 bits per heavy atom. The van der Waals surface area contributed by atoms with Gasteiger partial charge in [0.15, 0.2) is 11.5 Å². The molecular weight excluding hydrogens is 432 g/mol. The molecule has 2 aromatic heterocycles. The van der Waals surface area contributed by atoms with Gasteiger partial charge in [-0.25, -0.2) is 9.97 Å². The van der Waals surface area contributed by atoms with Crippen molar-refractivity contribution in [2.45, 2.75) is 18.8 Å². The van der Waals surface area contributed by atoms with E-state index in [-0.39, 0.29) is 0 Å². The molecule has 0 aliphatic carbocycles. The summed E-state index contributed by atoms with van der Waals surface area (Å²) in [5.74, 6) is 1.68. The maximum atomic E-state index is 6.30. The molecule has 0 saturated carbocycles. The molecule has 4 aromatic rings. The minimum atomic E-state index is 0.399. The van der Waals surface area contributed by atoms with E-state index in [4.69, 9.17) is 15.7 Å². The third kappa shape index (κ3) is 4.53. The van der Waals surface area contributed by atoms with Crippen molar-refractivity contribution in [1.29, 1.82) is 0 Å². The number of hydrogen-bond donors (Lipinski definition) is 2. The number of fused-ring (bicyclic) bond motifs is 1. The Bertz CT molecular complexity index is 1390. The number of benzene rings is 2. The molecule has 0 amide bonds. The molecule has 1 saturated heterocycles. The maximum Gasteiger partial charge on any atom is 0.165 e. The highest BCUT2D eigenvalue weighted by Crippen LogP contribution is 2.30. The van der Waals surface area contributed by atoms with Crippen molar-refractivity contribution < 1.29 is 0 Å². The third-order valence-corrected chi connectivity index (χ3v) is 6.58. The summed E-state index contributed by atoms with van der Waals surface area (Å²) in [6.45, 7) is 6.01. The summed E-state index contributed by atoms with van der Waals surface area (Å²) in [6.07, 6.45) is 5.88. The van der Waals surface area contributed by atoms with Gasteiger partial charge in [-0.3, -0.25) is 9.56 Å². The van der Waals surface area contributed by atoms with Gasteiger partial charge in [0.2, 0.25) is 0 Å². The zero-order valence-corrected chi connectivity index (χ0v) is 20.0. The number of pyridine rings is 1. The first-order chi connectivity index (χ1) is 17.2. The van der Waals surface area contributed by atoms with Gasteiger partial charge < -0.3 is 11.1 Å². The topological polar surface area (TPSA) is 81.1 Å². The second kappa shape index (κ2) is 10.1. The minimum absolute atomic E-state index is 0.399. The molecule has 2 aromatic carbocycles. The van der Waals surface area contributed by atoms with Crippen molar-refractivity contribution in [3.05, 3.63) is 96.8 Å². The molecule has 3 heterocycles. The number of aliphatic imine (C=N–C) groups is 1. The fourth-order valence-corrected chi connectivity index (χ4v) is 4.72. The van der Waals surface area contributed by atoms with Crippen LogP contribution in [0.15, 0.2) is 90.5 Å². The van der Waals surface area contributed by atoms with E-state index >= 15 is 0 Å². The van der Waals surface area contributed by atoms with Crippen molar-refractivity contribution >= 4 is 22.6 Å². The van der Waals surface area contributed by atoms with Crippen LogP contribution < -0.4 is 11.1 Å². The number of amidine groups is 1. The highest BCUT2D eigenvalue weighted by Gasteiger charge is 2.21. The normalized spacial score (nSPS) is 15.5. The van der Waals surface area contributed by atoms with E-state index in [9.17, 15) is 0 Å². The van der Waals surface area contributed by atoms with Gasteiger partial charge >= 0.3 is 0 Å². The minimum Gasteiger partial charge on any atom is -0.383 e. The standard InChI is InChI=1S/C29H30N6/c1-3-7-24(27(30)31-2)28-34-26-15-14-25(22-8-5-4-6-9-22)33-29(26)35(28)23-12-10-20(11-13-23)21-16-18-32-19-17-21/h3-15,21,32H,1,16-19H2,2H3,(H2,30,31)/b24-7+. The Morgan fingerprint density at radius 1 is 1.03 bits per heavy atom. The predicted octanol–water partition coefficient (Wildman–Crippen LogP) is 5.11. The van der Waals surface area contributed by atoms with Gasteiger partial charge in [-0.15, -0.1) is 0 Å². The summed E-state index contributed by atoms with van der Waals surface area (Å²) >= 11 is 0. The van der Waals surface area contributed by atoms with E-state index < -0.39 is 0 Å². The van der Waals surface area contributed by atoms with Gasteiger partial charge in [0, 0.05) is 18.3 Å². The van der Waals surface area contributed by atoms with Crippen LogP contribution >= 0.6 is 0 Å². The summed E-state index contributed by atoms with van der Waals surface area (Å²) in [6, 6.07) is 23.0. The lowest BCUT2D eigenvalue weighted by molar-refractivity contribution is 0.460. The predicted molar refractivity (Wildman–Crippen MR) is 145 cm³/mol. The summed E-state index contributed by atoms with van der Waals surface area (Å²) < 4.78 is 2.07. The van der Waals surface area contributed by atoms with E-state index in [1.807, 2.05) is 36.4 Å². The Kier molecular flexibility index (Phi) is 6.55. The molecule has 0 atom stereocenters. The highest BCUT2D eigenvalue weighted by molar-refractivity contribution is 6.21. The number of allylic oxidation sites excluding steroid dienone is 2. The molecule has 1 fully saturated rings. The molecule has 0 bridgehead atoms. The summed E-state index contributed by atoms with van der Waals surface area (Å²) in [7, 11) is 1.68. The number of nitrogens with two attached hydrogens (primary N) is 1. The molecule has 0 radical (unpaired) electrons. The van der Waals surface area contributed by atoms with Crippen LogP contribution in [0, 0.1) is 0 Å². The molecular formula is C29H30N6. The lowest BCUT2D eigenvalue weighted by atomic mass is 9.90. The molecule has 35 heavy (non-hydrogen) atoms. The Labute approximate surface area is 206 Å². The Balaban J connectivity index is 1.69. The van der Waals surface area contributed by atoms with Crippen LogP contribution in [0.5, 0.6) is 0 Å². The number of rotatable bonds is 6. The van der Waals surface area contributed by atoms with Gasteiger partial charge in [-0.2, -0.15) is 0 Å². The first-order valence-electron chi connectivity index (χ1n) is 12.0. The van der Waals surface area contributed by atoms with Crippen molar-refractivity contribution in [1.82, 2.24) is 19.9 Å². The van der Waals surface area contributed by atoms with Crippen LogP contribution in [-0.2, 0) is 0 Å². The summed E-state index contributed by atoms with van der Waals surface area (Å²) in [5, 5.41) is 3.45. The van der Waals surface area contributed by atoms with E-state index in [1.165, 1.54) is 5.56 Å². The molecule has 0 unspecified atom stereocenters. The van der Waals surface area contributed by atoms with Gasteiger partial charge in [0.1, 0.15) is 11.4 Å². The maximum absolute atomic E-state index is 6.30. The molecule has 6 heteroatoms. The quantitative estimate of drug-likeness (QED) is 0.237. The zero-order valence-electron chi connectivity index (χ0n) is 20.0. The SMILES string of the molecule is C=C/C=C(\C(N)=NC)c1nc2ccc(-c3ccccc3)nc2n1-c1ccc(C2CCNCC2)cc1. The molecule has 176 valence electrons. The van der Waals surface area contributed by atoms with Crippen molar-refractivity contribution in [2.75, 3.05) is 20.1 Å². The van der Waals surface area contributed by atoms with E-state index in [1.54, 1.807) is 13.1 Å². The molecule has 1 aliphatic rings. The van der Waals surface area contributed by atoms with Crippen LogP contribution in [0.2, 0.25) is 0 Å². The smallest absolute Gasteiger partial charge is 0.165 e. The summed E-state index contributed by atoms with van der Waals surface area (Å²) in [5.41, 5.74) is 12.9. The molecule has 5 rings (SSSR count). The number of nitrogens with one attached hydrogen (secondary N) is 1. The molecule has 1 aliphatic heterocycles. The molecule has 3 N–H and O–H groups in total. The average molecular weight is 463 g/mol. The van der Waals surface area contributed by atoms with Gasteiger partial charge in [-0.1, -0.05) is 55.1 Å². The lowest BCUT2D eigenvalue weighted by Crippen LogP contribution is -2.26. The lowest BCUT2D eigenvalue weighted by Gasteiger charge is -2.23.